The zero-order valence-electron chi connectivity index (χ0n) is 23.7. The summed E-state index contributed by atoms with van der Waals surface area (Å²) in [7, 11) is 0. The highest BCUT2D eigenvalue weighted by Crippen LogP contribution is 2.40. The van der Waals surface area contributed by atoms with E-state index in [1.54, 1.807) is 25.7 Å². The average molecular weight is 607 g/mol. The number of nitriles is 1. The van der Waals surface area contributed by atoms with Gasteiger partial charge in [-0.1, -0.05) is 0 Å². The van der Waals surface area contributed by atoms with Crippen LogP contribution < -0.4 is 14.5 Å². The van der Waals surface area contributed by atoms with E-state index in [1.807, 2.05) is 0 Å². The molecule has 0 bridgehead atoms. The minimum Gasteiger partial charge on any atom is -0.487 e. The molecule has 0 atom stereocenters. The summed E-state index contributed by atoms with van der Waals surface area (Å²) in [5.41, 5.74) is -3.73. The van der Waals surface area contributed by atoms with E-state index in [0.717, 1.165) is 17.0 Å². The lowest BCUT2D eigenvalue weighted by Crippen LogP contribution is -2.44. The van der Waals surface area contributed by atoms with Crippen molar-refractivity contribution in [2.75, 3.05) is 22.9 Å². The molecule has 2 fully saturated rings. The molecule has 0 radical (unpaired) electrons. The van der Waals surface area contributed by atoms with E-state index in [2.05, 4.69) is 0 Å². The van der Waals surface area contributed by atoms with Crippen molar-refractivity contribution in [3.8, 4) is 11.8 Å². The Balaban J connectivity index is 1.52. The van der Waals surface area contributed by atoms with E-state index in [0.29, 0.717) is 32.0 Å². The van der Waals surface area contributed by atoms with Gasteiger partial charge >= 0.3 is 12.3 Å². The zero-order chi connectivity index (χ0) is 31.2. The van der Waals surface area contributed by atoms with Crippen molar-refractivity contribution < 1.29 is 36.6 Å². The number of thiocarbonyl (C=S) groups is 1. The Morgan fingerprint density at radius 1 is 1.07 bits per heavy atom. The van der Waals surface area contributed by atoms with E-state index >= 15 is 4.39 Å². The summed E-state index contributed by atoms with van der Waals surface area (Å²) in [5, 5.41) is 8.96. The fraction of sp³-hybridized carbons (Fsp3) is 0.448. The lowest BCUT2D eigenvalue weighted by molar-refractivity contribution is -0.137. The molecule has 2 heterocycles. The van der Waals surface area contributed by atoms with Crippen LogP contribution in [0.15, 0.2) is 36.4 Å². The summed E-state index contributed by atoms with van der Waals surface area (Å²) in [6.45, 7) is 9.18. The predicted octanol–water partition coefficient (Wildman–Crippen LogP) is 6.41. The van der Waals surface area contributed by atoms with E-state index in [4.69, 9.17) is 27.0 Å². The number of carbonyl (C=O) groups is 2. The Bertz CT molecular complexity index is 1460. The molecule has 0 aliphatic carbocycles. The highest BCUT2D eigenvalue weighted by atomic mass is 32.1. The topological polar surface area (TPSA) is 86.1 Å². The first-order valence-electron chi connectivity index (χ1n) is 13.2. The molecule has 224 valence electrons. The van der Waals surface area contributed by atoms with Crippen molar-refractivity contribution in [2.45, 2.75) is 70.9 Å². The molecule has 0 spiro atoms. The molecule has 2 aliphatic rings. The van der Waals surface area contributed by atoms with E-state index in [9.17, 15) is 22.8 Å². The lowest BCUT2D eigenvalue weighted by Gasteiger charge is -2.33. The van der Waals surface area contributed by atoms with Gasteiger partial charge in [-0.2, -0.15) is 18.4 Å². The van der Waals surface area contributed by atoms with Gasteiger partial charge in [-0.25, -0.2) is 9.18 Å². The third kappa shape index (κ3) is 6.13. The van der Waals surface area contributed by atoms with Gasteiger partial charge in [0.25, 0.3) is 5.91 Å². The standard InChI is InChI=1S/C29H30F4N4O4S/c1-27(2,3)41-26(39)35-12-10-20(11-13-35)40-23-9-8-19(15-22(23)30)37-25(42)36(24(38)28(37,4)5)18-7-6-17(16-34)21(14-18)29(31,32)33/h6-9,14-15,20H,10-13H2,1-5H3. The number of rotatable bonds is 4. The van der Waals surface area contributed by atoms with Crippen LogP contribution in [0.4, 0.5) is 33.7 Å². The number of carbonyl (C=O) groups excluding carboxylic acids is 2. The summed E-state index contributed by atoms with van der Waals surface area (Å²) < 4.78 is 67.3. The van der Waals surface area contributed by atoms with Crippen molar-refractivity contribution in [1.29, 1.82) is 5.26 Å². The number of nitrogens with zero attached hydrogens (tertiary/aromatic N) is 4. The Hall–Kier alpha value is -3.92. The summed E-state index contributed by atoms with van der Waals surface area (Å²) >= 11 is 5.51. The number of amides is 2. The second-order valence-electron chi connectivity index (χ2n) is 11.6. The fourth-order valence-electron chi connectivity index (χ4n) is 4.85. The Morgan fingerprint density at radius 3 is 2.24 bits per heavy atom. The molecule has 2 saturated heterocycles. The number of alkyl halides is 3. The maximum Gasteiger partial charge on any atom is 0.417 e. The molecular weight excluding hydrogens is 576 g/mol. The van der Waals surface area contributed by atoms with Crippen LogP contribution in [0.5, 0.6) is 5.75 Å². The molecule has 4 rings (SSSR count). The molecule has 0 unspecified atom stereocenters. The first-order valence-corrected chi connectivity index (χ1v) is 13.6. The molecular formula is C29H30F4N4O4S. The van der Waals surface area contributed by atoms with Crippen molar-refractivity contribution in [2.24, 2.45) is 0 Å². The fourth-order valence-corrected chi connectivity index (χ4v) is 5.37. The highest BCUT2D eigenvalue weighted by molar-refractivity contribution is 7.81. The maximum atomic E-state index is 15.3. The SMILES string of the molecule is CC(C)(C)OC(=O)N1CCC(Oc2ccc(N3C(=S)N(c4ccc(C#N)c(C(F)(F)F)c4)C(=O)C3(C)C)cc2F)CC1. The number of hydrogen-bond acceptors (Lipinski definition) is 6. The van der Waals surface area contributed by atoms with Crippen molar-refractivity contribution in [3.05, 3.63) is 53.3 Å². The van der Waals surface area contributed by atoms with Gasteiger partial charge in [0.1, 0.15) is 17.2 Å². The smallest absolute Gasteiger partial charge is 0.417 e. The number of hydrogen-bond donors (Lipinski definition) is 0. The largest absolute Gasteiger partial charge is 0.487 e. The van der Waals surface area contributed by atoms with Crippen molar-refractivity contribution in [3.63, 3.8) is 0 Å². The van der Waals surface area contributed by atoms with E-state index in [1.165, 1.54) is 43.0 Å². The summed E-state index contributed by atoms with van der Waals surface area (Å²) in [6.07, 6.45) is -4.65. The van der Waals surface area contributed by atoms with Crippen LogP contribution in [0.3, 0.4) is 0 Å². The summed E-state index contributed by atoms with van der Waals surface area (Å²) in [6, 6.07) is 8.46. The molecule has 42 heavy (non-hydrogen) atoms. The Morgan fingerprint density at radius 2 is 1.69 bits per heavy atom. The Kier molecular flexibility index (Phi) is 8.17. The van der Waals surface area contributed by atoms with Gasteiger partial charge in [-0.05, 0) is 77.2 Å². The lowest BCUT2D eigenvalue weighted by atomic mass is 10.0. The van der Waals surface area contributed by atoms with Crippen LogP contribution >= 0.6 is 12.2 Å². The van der Waals surface area contributed by atoms with Crippen LogP contribution in [0.1, 0.15) is 58.6 Å². The van der Waals surface area contributed by atoms with Gasteiger partial charge < -0.3 is 19.3 Å². The quantitative estimate of drug-likeness (QED) is 0.294. The number of halogens is 4. The third-order valence-corrected chi connectivity index (χ3v) is 7.28. The molecule has 2 aliphatic heterocycles. The molecule has 8 nitrogen and oxygen atoms in total. The van der Waals surface area contributed by atoms with Crippen LogP contribution in [0.2, 0.25) is 0 Å². The molecule has 13 heteroatoms. The summed E-state index contributed by atoms with van der Waals surface area (Å²) in [4.78, 5) is 29.6. The van der Waals surface area contributed by atoms with Gasteiger partial charge in [0.05, 0.1) is 22.9 Å². The molecule has 2 aromatic rings. The summed E-state index contributed by atoms with van der Waals surface area (Å²) in [5.74, 6) is -1.37. The molecule has 2 aromatic carbocycles. The van der Waals surface area contributed by atoms with Gasteiger partial charge in [0, 0.05) is 37.7 Å². The monoisotopic (exact) mass is 606 g/mol. The van der Waals surface area contributed by atoms with Gasteiger partial charge in [0.2, 0.25) is 0 Å². The van der Waals surface area contributed by atoms with Crippen molar-refractivity contribution in [1.82, 2.24) is 4.90 Å². The average Bonchev–Trinajstić information content (AvgIpc) is 3.06. The Labute approximate surface area is 246 Å². The molecule has 0 aromatic heterocycles. The van der Waals surface area contributed by atoms with Crippen molar-refractivity contribution >= 4 is 40.7 Å². The molecule has 2 amide bonds. The first-order chi connectivity index (χ1) is 19.4. The van der Waals surface area contributed by atoms with Crippen LogP contribution in [0, 0.1) is 17.1 Å². The van der Waals surface area contributed by atoms with Crippen LogP contribution in [0.25, 0.3) is 0 Å². The number of anilines is 2. The molecule has 0 N–H and O–H groups in total. The maximum absolute atomic E-state index is 15.3. The van der Waals surface area contributed by atoms with Crippen LogP contribution in [-0.4, -0.2) is 52.3 Å². The van der Waals surface area contributed by atoms with E-state index < -0.39 is 46.3 Å². The number of benzene rings is 2. The molecule has 0 saturated carbocycles. The minimum absolute atomic E-state index is 0.0255. The third-order valence-electron chi connectivity index (χ3n) is 6.92. The normalized spacial score (nSPS) is 17.9. The predicted molar refractivity (Wildman–Crippen MR) is 151 cm³/mol. The second kappa shape index (κ2) is 11.1. The van der Waals surface area contributed by atoms with Gasteiger partial charge in [-0.15, -0.1) is 0 Å². The highest BCUT2D eigenvalue weighted by Gasteiger charge is 2.51. The first kappa shape index (κ1) is 31.0. The number of likely N-dealkylation sites (tertiary alicyclic amines) is 1. The number of ether oxygens (including phenoxy) is 2. The second-order valence-corrected chi connectivity index (χ2v) is 11.9. The van der Waals surface area contributed by atoms with Gasteiger partial charge in [0.15, 0.2) is 16.7 Å². The number of piperidine rings is 1. The zero-order valence-corrected chi connectivity index (χ0v) is 24.5. The van der Waals surface area contributed by atoms with Crippen LogP contribution in [-0.2, 0) is 15.7 Å². The van der Waals surface area contributed by atoms with Gasteiger partial charge in [-0.3, -0.25) is 9.69 Å². The van der Waals surface area contributed by atoms with E-state index in [-0.39, 0.29) is 28.3 Å². The minimum atomic E-state index is -4.83.